The molecule has 0 aliphatic carbocycles. The molecule has 1 amide bonds. The standard InChI is InChI=1S/C22H20Br2N2O3/c1-2-3-10-29-20-9-8-14-6-4-5-7-16(14)18(20)13-25-26-22(28)17-11-15(23)12-19(24)21(17)27/h4-9,11-13,27H,2-3,10H2,1H3,(H,26,28)/b25-13-. The minimum absolute atomic E-state index is 0.112. The molecule has 0 fully saturated rings. The number of phenols is 1. The van der Waals surface area contributed by atoms with Gasteiger partial charge in [-0.05, 0) is 51.3 Å². The molecule has 150 valence electrons. The highest BCUT2D eigenvalue weighted by molar-refractivity contribution is 9.11. The fourth-order valence-corrected chi connectivity index (χ4v) is 4.04. The Balaban J connectivity index is 1.87. The van der Waals surface area contributed by atoms with E-state index in [1.807, 2.05) is 36.4 Å². The van der Waals surface area contributed by atoms with Gasteiger partial charge in [-0.15, -0.1) is 0 Å². The molecular weight excluding hydrogens is 500 g/mol. The smallest absolute Gasteiger partial charge is 0.275 e. The molecule has 3 aromatic carbocycles. The number of nitrogens with one attached hydrogen (secondary N) is 1. The molecule has 2 N–H and O–H groups in total. The van der Waals surface area contributed by atoms with Crippen LogP contribution in [-0.2, 0) is 0 Å². The summed E-state index contributed by atoms with van der Waals surface area (Å²) in [5.41, 5.74) is 3.38. The van der Waals surface area contributed by atoms with Crippen LogP contribution in [0, 0.1) is 0 Å². The van der Waals surface area contributed by atoms with Crippen LogP contribution in [0.4, 0.5) is 0 Å². The molecule has 0 aromatic heterocycles. The normalized spacial score (nSPS) is 11.1. The van der Waals surface area contributed by atoms with E-state index in [1.54, 1.807) is 12.3 Å². The van der Waals surface area contributed by atoms with Crippen LogP contribution in [0.25, 0.3) is 10.8 Å². The largest absolute Gasteiger partial charge is 0.506 e. The number of aromatic hydroxyl groups is 1. The lowest BCUT2D eigenvalue weighted by atomic mass is 10.0. The monoisotopic (exact) mass is 518 g/mol. The average Bonchev–Trinajstić information content (AvgIpc) is 2.71. The number of ether oxygens (including phenoxy) is 1. The van der Waals surface area contributed by atoms with Gasteiger partial charge in [0.15, 0.2) is 0 Å². The number of carbonyl (C=O) groups excluding carboxylic acids is 1. The second-order valence-electron chi connectivity index (χ2n) is 6.38. The van der Waals surface area contributed by atoms with Crippen LogP contribution in [0.5, 0.6) is 11.5 Å². The number of unbranched alkanes of at least 4 members (excludes halogenated alkanes) is 1. The van der Waals surface area contributed by atoms with E-state index in [1.165, 1.54) is 6.07 Å². The highest BCUT2D eigenvalue weighted by atomic mass is 79.9. The van der Waals surface area contributed by atoms with Crippen LogP contribution < -0.4 is 10.2 Å². The van der Waals surface area contributed by atoms with Crippen molar-refractivity contribution >= 4 is 54.8 Å². The molecule has 7 heteroatoms. The number of hydrogen-bond donors (Lipinski definition) is 2. The first-order valence-corrected chi connectivity index (χ1v) is 10.8. The van der Waals surface area contributed by atoms with E-state index in [9.17, 15) is 9.90 Å². The number of phenolic OH excluding ortho intramolecular Hbond substituents is 1. The second kappa shape index (κ2) is 9.89. The van der Waals surface area contributed by atoms with Crippen molar-refractivity contribution < 1.29 is 14.6 Å². The summed E-state index contributed by atoms with van der Waals surface area (Å²) in [5.74, 6) is 0.0484. The van der Waals surface area contributed by atoms with E-state index in [-0.39, 0.29) is 11.3 Å². The lowest BCUT2D eigenvalue weighted by Crippen LogP contribution is -2.18. The fourth-order valence-electron chi connectivity index (χ4n) is 2.82. The van der Waals surface area contributed by atoms with Gasteiger partial charge in [0.1, 0.15) is 11.5 Å². The van der Waals surface area contributed by atoms with Crippen molar-refractivity contribution in [1.29, 1.82) is 0 Å². The number of benzene rings is 3. The van der Waals surface area contributed by atoms with Crippen molar-refractivity contribution in [1.82, 2.24) is 5.43 Å². The molecule has 0 bridgehead atoms. The molecule has 0 saturated carbocycles. The Hall–Kier alpha value is -2.38. The summed E-state index contributed by atoms with van der Waals surface area (Å²) >= 11 is 6.53. The molecule has 0 atom stereocenters. The van der Waals surface area contributed by atoms with Crippen LogP contribution in [0.1, 0.15) is 35.7 Å². The SMILES string of the molecule is CCCCOc1ccc2ccccc2c1/C=N\NC(=O)c1cc(Br)cc(Br)c1O. The molecule has 0 heterocycles. The molecule has 0 saturated heterocycles. The number of rotatable bonds is 7. The average molecular weight is 520 g/mol. The van der Waals surface area contributed by atoms with Gasteiger partial charge in [0.05, 0.1) is 22.9 Å². The maximum atomic E-state index is 12.5. The van der Waals surface area contributed by atoms with Crippen LogP contribution in [0.3, 0.4) is 0 Å². The summed E-state index contributed by atoms with van der Waals surface area (Å²) in [4.78, 5) is 12.5. The summed E-state index contributed by atoms with van der Waals surface area (Å²) in [6.45, 7) is 2.72. The molecule has 0 radical (unpaired) electrons. The number of amides is 1. The first kappa shape index (κ1) is 21.3. The Morgan fingerprint density at radius 2 is 2.00 bits per heavy atom. The number of fused-ring (bicyclic) bond motifs is 1. The zero-order valence-electron chi connectivity index (χ0n) is 15.8. The van der Waals surface area contributed by atoms with Crippen molar-refractivity contribution in [2.24, 2.45) is 5.10 Å². The number of hydrazone groups is 1. The Labute approximate surface area is 186 Å². The molecule has 3 aromatic rings. The fraction of sp³-hybridized carbons (Fsp3) is 0.182. The predicted octanol–water partition coefficient (Wildman–Crippen LogP) is 6.01. The summed E-state index contributed by atoms with van der Waals surface area (Å²) in [6.07, 6.45) is 3.57. The van der Waals surface area contributed by atoms with Crippen molar-refractivity contribution in [2.45, 2.75) is 19.8 Å². The third-order valence-corrected chi connectivity index (χ3v) is 5.38. The van der Waals surface area contributed by atoms with Gasteiger partial charge < -0.3 is 9.84 Å². The highest BCUT2D eigenvalue weighted by Crippen LogP contribution is 2.31. The Morgan fingerprint density at radius 3 is 2.79 bits per heavy atom. The zero-order chi connectivity index (χ0) is 20.8. The minimum atomic E-state index is -0.519. The van der Waals surface area contributed by atoms with Crippen LogP contribution in [0.2, 0.25) is 0 Å². The minimum Gasteiger partial charge on any atom is -0.506 e. The third-order valence-electron chi connectivity index (χ3n) is 4.32. The molecule has 0 spiro atoms. The van der Waals surface area contributed by atoms with Crippen molar-refractivity contribution in [3.05, 3.63) is 68.6 Å². The quantitative estimate of drug-likeness (QED) is 0.228. The molecule has 0 unspecified atom stereocenters. The van der Waals surface area contributed by atoms with Gasteiger partial charge in [0.2, 0.25) is 0 Å². The van der Waals surface area contributed by atoms with Gasteiger partial charge in [-0.1, -0.05) is 59.6 Å². The number of hydrogen-bond acceptors (Lipinski definition) is 4. The summed E-state index contributed by atoms with van der Waals surface area (Å²) in [5, 5.41) is 16.3. The van der Waals surface area contributed by atoms with Crippen molar-refractivity contribution in [3.8, 4) is 11.5 Å². The molecule has 0 aliphatic rings. The maximum Gasteiger partial charge on any atom is 0.275 e. The molecule has 0 aliphatic heterocycles. The first-order valence-electron chi connectivity index (χ1n) is 9.17. The van der Waals surface area contributed by atoms with E-state index >= 15 is 0 Å². The second-order valence-corrected chi connectivity index (χ2v) is 8.15. The van der Waals surface area contributed by atoms with Crippen LogP contribution in [0.15, 0.2) is 62.6 Å². The number of nitrogens with zero attached hydrogens (tertiary/aromatic N) is 1. The molecule has 3 rings (SSSR count). The third kappa shape index (κ3) is 5.16. The lowest BCUT2D eigenvalue weighted by Gasteiger charge is -2.11. The summed E-state index contributed by atoms with van der Waals surface area (Å²) in [6, 6.07) is 15.0. The van der Waals surface area contributed by atoms with Crippen LogP contribution >= 0.6 is 31.9 Å². The lowest BCUT2D eigenvalue weighted by molar-refractivity contribution is 0.0952. The van der Waals surface area contributed by atoms with Crippen molar-refractivity contribution in [2.75, 3.05) is 6.61 Å². The Kier molecular flexibility index (Phi) is 7.28. The van der Waals surface area contributed by atoms with Gasteiger partial charge in [-0.3, -0.25) is 4.79 Å². The van der Waals surface area contributed by atoms with Gasteiger partial charge in [-0.25, -0.2) is 5.43 Å². The summed E-state index contributed by atoms with van der Waals surface area (Å²) in [7, 11) is 0. The maximum absolute atomic E-state index is 12.5. The van der Waals surface area contributed by atoms with Gasteiger partial charge in [-0.2, -0.15) is 5.10 Å². The van der Waals surface area contributed by atoms with Gasteiger partial charge >= 0.3 is 0 Å². The Bertz CT molecular complexity index is 1070. The van der Waals surface area contributed by atoms with E-state index < -0.39 is 5.91 Å². The topological polar surface area (TPSA) is 70.9 Å². The van der Waals surface area contributed by atoms with E-state index in [2.05, 4.69) is 49.3 Å². The van der Waals surface area contributed by atoms with Crippen LogP contribution in [-0.4, -0.2) is 23.8 Å². The zero-order valence-corrected chi connectivity index (χ0v) is 19.0. The van der Waals surface area contributed by atoms with E-state index in [0.29, 0.717) is 21.3 Å². The van der Waals surface area contributed by atoms with E-state index in [0.717, 1.165) is 29.2 Å². The molecule has 5 nitrogen and oxygen atoms in total. The number of halogens is 2. The summed E-state index contributed by atoms with van der Waals surface area (Å²) < 4.78 is 7.00. The van der Waals surface area contributed by atoms with Crippen molar-refractivity contribution in [3.63, 3.8) is 0 Å². The highest BCUT2D eigenvalue weighted by Gasteiger charge is 2.14. The number of carbonyl (C=O) groups is 1. The van der Waals surface area contributed by atoms with Gasteiger partial charge in [0.25, 0.3) is 5.91 Å². The molecule has 29 heavy (non-hydrogen) atoms. The predicted molar refractivity (Wildman–Crippen MR) is 123 cm³/mol. The van der Waals surface area contributed by atoms with Gasteiger partial charge in [0, 0.05) is 10.0 Å². The Morgan fingerprint density at radius 1 is 1.21 bits per heavy atom. The first-order chi connectivity index (χ1) is 14.0. The molecular formula is C22H20Br2N2O3. The van der Waals surface area contributed by atoms with E-state index in [4.69, 9.17) is 4.74 Å².